The van der Waals surface area contributed by atoms with Gasteiger partial charge in [-0.2, -0.15) is 0 Å². The molecular formula is C17H23N3O3. The van der Waals surface area contributed by atoms with Gasteiger partial charge in [0.25, 0.3) is 5.91 Å². The first-order valence-electron chi connectivity index (χ1n) is 8.17. The third-order valence-electron chi connectivity index (χ3n) is 4.21. The van der Waals surface area contributed by atoms with E-state index in [4.69, 9.17) is 4.74 Å². The molecule has 0 bridgehead atoms. The lowest BCUT2D eigenvalue weighted by atomic mass is 10.1. The van der Waals surface area contributed by atoms with Crippen LogP contribution in [0.25, 0.3) is 0 Å². The zero-order valence-electron chi connectivity index (χ0n) is 13.3. The van der Waals surface area contributed by atoms with Gasteiger partial charge >= 0.3 is 0 Å². The van der Waals surface area contributed by atoms with Crippen molar-refractivity contribution in [2.45, 2.75) is 31.9 Å². The van der Waals surface area contributed by atoms with Crippen molar-refractivity contribution >= 4 is 17.5 Å². The van der Waals surface area contributed by atoms with Crippen molar-refractivity contribution in [3.8, 4) is 0 Å². The minimum absolute atomic E-state index is 0.0982. The highest BCUT2D eigenvalue weighted by atomic mass is 16.5. The van der Waals surface area contributed by atoms with Gasteiger partial charge in [0, 0.05) is 24.7 Å². The summed E-state index contributed by atoms with van der Waals surface area (Å²) >= 11 is 0. The summed E-state index contributed by atoms with van der Waals surface area (Å²) in [4.78, 5) is 23.9. The molecule has 1 saturated carbocycles. The molecule has 2 atom stereocenters. The van der Waals surface area contributed by atoms with E-state index in [0.29, 0.717) is 13.2 Å². The second-order valence-electron chi connectivity index (χ2n) is 6.18. The lowest BCUT2D eigenvalue weighted by Gasteiger charge is -2.24. The van der Waals surface area contributed by atoms with Crippen molar-refractivity contribution < 1.29 is 14.3 Å². The maximum atomic E-state index is 12.1. The zero-order valence-corrected chi connectivity index (χ0v) is 13.3. The quantitative estimate of drug-likeness (QED) is 0.762. The smallest absolute Gasteiger partial charge is 0.250 e. The molecule has 1 saturated heterocycles. The first-order valence-corrected chi connectivity index (χ1v) is 8.17. The van der Waals surface area contributed by atoms with E-state index < -0.39 is 6.10 Å². The van der Waals surface area contributed by atoms with Crippen LogP contribution < -0.4 is 16.0 Å². The van der Waals surface area contributed by atoms with Crippen LogP contribution in [0.15, 0.2) is 24.3 Å². The summed E-state index contributed by atoms with van der Waals surface area (Å²) in [5, 5.41) is 9.01. The van der Waals surface area contributed by atoms with Gasteiger partial charge in [-0.25, -0.2) is 0 Å². The van der Waals surface area contributed by atoms with Gasteiger partial charge in [-0.1, -0.05) is 12.1 Å². The van der Waals surface area contributed by atoms with Crippen LogP contribution in [0.4, 0.5) is 5.69 Å². The molecule has 124 valence electrons. The summed E-state index contributed by atoms with van der Waals surface area (Å²) < 4.78 is 5.45. The second-order valence-corrected chi connectivity index (χ2v) is 6.18. The molecule has 3 rings (SSSR count). The SMILES string of the molecule is CC(NC(=O)C1CNCCO1)c1ccc(NC(=O)C2CC2)cc1. The molecule has 3 N–H and O–H groups in total. The summed E-state index contributed by atoms with van der Waals surface area (Å²) in [6, 6.07) is 7.48. The molecule has 2 aliphatic rings. The molecule has 1 aromatic carbocycles. The average molecular weight is 317 g/mol. The Kier molecular flexibility index (Phi) is 4.93. The number of rotatable bonds is 5. The topological polar surface area (TPSA) is 79.5 Å². The van der Waals surface area contributed by atoms with Gasteiger partial charge in [-0.3, -0.25) is 9.59 Å². The van der Waals surface area contributed by atoms with Crippen LogP contribution in [0.2, 0.25) is 0 Å². The fraction of sp³-hybridized carbons (Fsp3) is 0.529. The predicted molar refractivity (Wildman–Crippen MR) is 87.0 cm³/mol. The molecule has 1 heterocycles. The lowest BCUT2D eigenvalue weighted by Crippen LogP contribution is -2.48. The molecular weight excluding hydrogens is 294 g/mol. The van der Waals surface area contributed by atoms with Gasteiger partial charge < -0.3 is 20.7 Å². The summed E-state index contributed by atoms with van der Waals surface area (Å²) in [6.45, 7) is 3.83. The number of morpholine rings is 1. The van der Waals surface area contributed by atoms with E-state index in [-0.39, 0.29) is 23.8 Å². The van der Waals surface area contributed by atoms with E-state index in [0.717, 1.165) is 30.6 Å². The summed E-state index contributed by atoms with van der Waals surface area (Å²) in [5.41, 5.74) is 1.79. The van der Waals surface area contributed by atoms with E-state index >= 15 is 0 Å². The molecule has 1 aliphatic heterocycles. The third-order valence-corrected chi connectivity index (χ3v) is 4.21. The third kappa shape index (κ3) is 4.30. The largest absolute Gasteiger partial charge is 0.366 e. The molecule has 0 radical (unpaired) electrons. The molecule has 1 aromatic rings. The molecule has 0 spiro atoms. The molecule has 2 unspecified atom stereocenters. The zero-order chi connectivity index (χ0) is 16.2. The maximum Gasteiger partial charge on any atom is 0.250 e. The minimum atomic E-state index is -0.427. The number of amides is 2. The van der Waals surface area contributed by atoms with Crippen molar-refractivity contribution in [3.63, 3.8) is 0 Å². The van der Waals surface area contributed by atoms with E-state index in [1.54, 1.807) is 0 Å². The van der Waals surface area contributed by atoms with Crippen LogP contribution >= 0.6 is 0 Å². The van der Waals surface area contributed by atoms with Crippen LogP contribution in [0.3, 0.4) is 0 Å². The van der Waals surface area contributed by atoms with E-state index in [1.807, 2.05) is 31.2 Å². The number of hydrogen-bond acceptors (Lipinski definition) is 4. The standard InChI is InChI=1S/C17H23N3O3/c1-11(19-17(22)15-10-18-8-9-23-15)12-4-6-14(7-5-12)20-16(21)13-2-3-13/h4-7,11,13,15,18H,2-3,8-10H2,1H3,(H,19,22)(H,20,21). The van der Waals surface area contributed by atoms with Crippen LogP contribution in [0.1, 0.15) is 31.4 Å². The number of nitrogens with one attached hydrogen (secondary N) is 3. The Balaban J connectivity index is 1.53. The fourth-order valence-corrected chi connectivity index (χ4v) is 2.57. The Morgan fingerprint density at radius 2 is 1.96 bits per heavy atom. The number of carbonyl (C=O) groups is 2. The lowest BCUT2D eigenvalue weighted by molar-refractivity contribution is -0.134. The van der Waals surface area contributed by atoms with Crippen molar-refractivity contribution in [3.05, 3.63) is 29.8 Å². The van der Waals surface area contributed by atoms with Gasteiger partial charge in [0.05, 0.1) is 12.6 Å². The first-order chi connectivity index (χ1) is 11.1. The average Bonchev–Trinajstić information content (AvgIpc) is 3.41. The molecule has 2 fully saturated rings. The Morgan fingerprint density at radius 1 is 1.22 bits per heavy atom. The number of ether oxygens (including phenoxy) is 1. The van der Waals surface area contributed by atoms with Gasteiger partial charge in [0.1, 0.15) is 6.10 Å². The summed E-state index contributed by atoms with van der Waals surface area (Å²) in [7, 11) is 0. The normalized spacial score (nSPS) is 22.2. The van der Waals surface area contributed by atoms with E-state index in [1.165, 1.54) is 0 Å². The highest BCUT2D eigenvalue weighted by Crippen LogP contribution is 2.30. The van der Waals surface area contributed by atoms with Crippen LogP contribution in [-0.2, 0) is 14.3 Å². The monoisotopic (exact) mass is 317 g/mol. The van der Waals surface area contributed by atoms with E-state index in [2.05, 4.69) is 16.0 Å². The first kappa shape index (κ1) is 16.0. The van der Waals surface area contributed by atoms with Gasteiger partial charge in [-0.05, 0) is 37.5 Å². The molecule has 1 aliphatic carbocycles. The Labute approximate surface area is 136 Å². The fourth-order valence-electron chi connectivity index (χ4n) is 2.57. The number of hydrogen-bond donors (Lipinski definition) is 3. The van der Waals surface area contributed by atoms with Gasteiger partial charge in [0.2, 0.25) is 5.91 Å². The highest BCUT2D eigenvalue weighted by molar-refractivity contribution is 5.94. The maximum absolute atomic E-state index is 12.1. The van der Waals surface area contributed by atoms with Crippen LogP contribution in [0, 0.1) is 5.92 Å². The van der Waals surface area contributed by atoms with Crippen molar-refractivity contribution in [2.24, 2.45) is 5.92 Å². The number of anilines is 1. The second kappa shape index (κ2) is 7.10. The minimum Gasteiger partial charge on any atom is -0.366 e. The van der Waals surface area contributed by atoms with Crippen LogP contribution in [-0.4, -0.2) is 37.6 Å². The van der Waals surface area contributed by atoms with Gasteiger partial charge in [-0.15, -0.1) is 0 Å². The molecule has 23 heavy (non-hydrogen) atoms. The van der Waals surface area contributed by atoms with Crippen molar-refractivity contribution in [2.75, 3.05) is 25.0 Å². The van der Waals surface area contributed by atoms with Crippen molar-refractivity contribution in [1.82, 2.24) is 10.6 Å². The molecule has 6 nitrogen and oxygen atoms in total. The number of carbonyl (C=O) groups excluding carboxylic acids is 2. The molecule has 0 aromatic heterocycles. The number of benzene rings is 1. The Hall–Kier alpha value is -1.92. The summed E-state index contributed by atoms with van der Waals surface area (Å²) in [5.74, 6) is 0.189. The Bertz CT molecular complexity index is 563. The Morgan fingerprint density at radius 3 is 2.57 bits per heavy atom. The van der Waals surface area contributed by atoms with Crippen LogP contribution in [0.5, 0.6) is 0 Å². The van der Waals surface area contributed by atoms with E-state index in [9.17, 15) is 9.59 Å². The summed E-state index contributed by atoms with van der Waals surface area (Å²) in [6.07, 6.45) is 1.55. The predicted octanol–water partition coefficient (Wildman–Crippen LogP) is 1.20. The highest BCUT2D eigenvalue weighted by Gasteiger charge is 2.29. The van der Waals surface area contributed by atoms with Crippen molar-refractivity contribution in [1.29, 1.82) is 0 Å². The van der Waals surface area contributed by atoms with Gasteiger partial charge in [0.15, 0.2) is 0 Å². The molecule has 6 heteroatoms. The molecule has 2 amide bonds.